The van der Waals surface area contributed by atoms with Gasteiger partial charge in [-0.05, 0) is 51.5 Å². The number of aromatic nitrogens is 2. The van der Waals surface area contributed by atoms with Gasteiger partial charge in [-0.2, -0.15) is 5.10 Å². The van der Waals surface area contributed by atoms with Gasteiger partial charge in [0.1, 0.15) is 5.54 Å². The minimum Gasteiger partial charge on any atom is -0.468 e. The molecule has 1 aliphatic rings. The smallest absolute Gasteiger partial charge is 0.325 e. The molecule has 0 aliphatic heterocycles. The van der Waals surface area contributed by atoms with Crippen molar-refractivity contribution in [1.29, 1.82) is 0 Å². The third kappa shape index (κ3) is 4.07. The Balaban J connectivity index is 1.77. The highest BCUT2D eigenvalue weighted by atomic mass is 16.5. The number of hydrogen-bond donors (Lipinski definition) is 1. The first kappa shape index (κ1) is 15.0. The molecule has 1 fully saturated rings. The third-order valence-electron chi connectivity index (χ3n) is 3.81. The molecule has 5 heteroatoms. The van der Waals surface area contributed by atoms with E-state index in [1.54, 1.807) is 0 Å². The van der Waals surface area contributed by atoms with Crippen LogP contribution < -0.4 is 5.32 Å². The van der Waals surface area contributed by atoms with Crippen molar-refractivity contribution in [3.63, 3.8) is 0 Å². The number of methoxy groups -OCH3 is 1. The van der Waals surface area contributed by atoms with Gasteiger partial charge in [-0.1, -0.05) is 0 Å². The summed E-state index contributed by atoms with van der Waals surface area (Å²) in [6, 6.07) is 0.493. The lowest BCUT2D eigenvalue weighted by Gasteiger charge is -2.28. The first-order chi connectivity index (χ1) is 9.53. The van der Waals surface area contributed by atoms with E-state index in [4.69, 9.17) is 4.74 Å². The zero-order chi connectivity index (χ0) is 14.6. The molecule has 2 rings (SSSR count). The van der Waals surface area contributed by atoms with E-state index in [0.717, 1.165) is 25.8 Å². The number of aryl methyl sites for hydroxylation is 2. The molecule has 20 heavy (non-hydrogen) atoms. The van der Waals surface area contributed by atoms with Gasteiger partial charge >= 0.3 is 5.97 Å². The summed E-state index contributed by atoms with van der Waals surface area (Å²) >= 11 is 0. The zero-order valence-electron chi connectivity index (χ0n) is 12.7. The fourth-order valence-corrected chi connectivity index (χ4v) is 2.48. The lowest BCUT2D eigenvalue weighted by molar-refractivity contribution is -0.148. The number of carbonyl (C=O) groups excluding carboxylic acids is 1. The van der Waals surface area contributed by atoms with Crippen LogP contribution in [-0.4, -0.2) is 34.4 Å². The highest BCUT2D eigenvalue weighted by molar-refractivity contribution is 5.80. The maximum Gasteiger partial charge on any atom is 0.325 e. The number of nitrogens with one attached hydrogen (secondary N) is 1. The van der Waals surface area contributed by atoms with Crippen LogP contribution in [0.25, 0.3) is 0 Å². The van der Waals surface area contributed by atoms with Crippen LogP contribution in [0.2, 0.25) is 0 Å². The molecule has 0 bridgehead atoms. The van der Waals surface area contributed by atoms with Gasteiger partial charge in [0.2, 0.25) is 0 Å². The van der Waals surface area contributed by atoms with Crippen molar-refractivity contribution in [2.75, 3.05) is 7.11 Å². The van der Waals surface area contributed by atoms with E-state index in [2.05, 4.69) is 10.4 Å². The average Bonchev–Trinajstić information content (AvgIpc) is 3.14. The number of hydrogen-bond acceptors (Lipinski definition) is 4. The molecule has 1 aliphatic carbocycles. The second kappa shape index (κ2) is 6.39. The summed E-state index contributed by atoms with van der Waals surface area (Å²) in [7, 11) is 1.46. The van der Waals surface area contributed by atoms with Crippen LogP contribution in [0.4, 0.5) is 0 Å². The minimum atomic E-state index is -0.546. The molecule has 5 nitrogen and oxygen atoms in total. The Hall–Kier alpha value is -1.36. The summed E-state index contributed by atoms with van der Waals surface area (Å²) in [5.74, 6) is -0.153. The van der Waals surface area contributed by atoms with E-state index in [9.17, 15) is 4.79 Å². The van der Waals surface area contributed by atoms with Gasteiger partial charge in [0.05, 0.1) is 13.3 Å². The van der Waals surface area contributed by atoms with E-state index in [1.165, 1.54) is 25.5 Å². The van der Waals surface area contributed by atoms with Crippen LogP contribution in [0.1, 0.15) is 44.6 Å². The highest BCUT2D eigenvalue weighted by Crippen LogP contribution is 2.26. The Morgan fingerprint density at radius 3 is 2.85 bits per heavy atom. The maximum absolute atomic E-state index is 12.0. The van der Waals surface area contributed by atoms with Gasteiger partial charge in [0.25, 0.3) is 0 Å². The third-order valence-corrected chi connectivity index (χ3v) is 3.81. The topological polar surface area (TPSA) is 56.2 Å². The monoisotopic (exact) mass is 279 g/mol. The van der Waals surface area contributed by atoms with Crippen molar-refractivity contribution < 1.29 is 9.53 Å². The van der Waals surface area contributed by atoms with Crippen LogP contribution in [0.15, 0.2) is 12.4 Å². The normalized spacial score (nSPS) is 17.8. The second-order valence-corrected chi connectivity index (χ2v) is 5.98. The van der Waals surface area contributed by atoms with Gasteiger partial charge < -0.3 is 4.74 Å². The number of esters is 1. The van der Waals surface area contributed by atoms with Crippen molar-refractivity contribution in [3.05, 3.63) is 18.0 Å². The van der Waals surface area contributed by atoms with Gasteiger partial charge in [0, 0.05) is 18.8 Å². The lowest BCUT2D eigenvalue weighted by Crippen LogP contribution is -2.51. The number of nitrogens with zero attached hydrogens (tertiary/aromatic N) is 2. The van der Waals surface area contributed by atoms with E-state index >= 15 is 0 Å². The second-order valence-electron chi connectivity index (χ2n) is 5.98. The van der Waals surface area contributed by atoms with Crippen molar-refractivity contribution >= 4 is 5.97 Å². The molecule has 1 N–H and O–H groups in total. The standard InChI is InChI=1S/C15H25N3O2/c1-12-10-16-18(11-12)9-5-4-8-15(2,14(19)20-3)17-13-6-7-13/h10-11,13,17H,4-9H2,1-3H3. The van der Waals surface area contributed by atoms with Crippen LogP contribution in [0.5, 0.6) is 0 Å². The highest BCUT2D eigenvalue weighted by Gasteiger charge is 2.38. The molecule has 0 spiro atoms. The predicted molar refractivity (Wildman–Crippen MR) is 77.4 cm³/mol. The van der Waals surface area contributed by atoms with Crippen LogP contribution in [0.3, 0.4) is 0 Å². The first-order valence-electron chi connectivity index (χ1n) is 7.39. The molecule has 1 atom stereocenters. The number of rotatable bonds is 8. The van der Waals surface area contributed by atoms with Crippen molar-refractivity contribution in [2.45, 2.75) is 64.1 Å². The zero-order valence-corrected chi connectivity index (χ0v) is 12.7. The molecule has 1 heterocycles. The molecule has 0 radical (unpaired) electrons. The van der Waals surface area contributed by atoms with E-state index in [0.29, 0.717) is 6.04 Å². The minimum absolute atomic E-state index is 0.153. The summed E-state index contributed by atoms with van der Waals surface area (Å²) in [5.41, 5.74) is 0.635. The lowest BCUT2D eigenvalue weighted by atomic mass is 9.94. The van der Waals surface area contributed by atoms with Gasteiger partial charge in [-0.25, -0.2) is 0 Å². The summed E-state index contributed by atoms with van der Waals surface area (Å²) in [6.07, 6.45) is 9.04. The van der Waals surface area contributed by atoms with E-state index in [-0.39, 0.29) is 5.97 Å². The summed E-state index contributed by atoms with van der Waals surface area (Å²) < 4.78 is 6.90. The predicted octanol–water partition coefficient (Wildman–Crippen LogP) is 2.05. The van der Waals surface area contributed by atoms with Crippen LogP contribution in [0, 0.1) is 6.92 Å². The molecule has 1 saturated carbocycles. The van der Waals surface area contributed by atoms with Crippen LogP contribution in [-0.2, 0) is 16.1 Å². The molecule has 0 saturated heterocycles. The molecular weight excluding hydrogens is 254 g/mol. The Morgan fingerprint density at radius 2 is 2.30 bits per heavy atom. The summed E-state index contributed by atoms with van der Waals surface area (Å²) in [4.78, 5) is 12.0. The SMILES string of the molecule is COC(=O)C(C)(CCCCn1cc(C)cn1)NC1CC1. The van der Waals surface area contributed by atoms with E-state index in [1.807, 2.05) is 30.9 Å². The number of unbranched alkanes of at least 4 members (excludes halogenated alkanes) is 1. The molecule has 0 aromatic carbocycles. The van der Waals surface area contributed by atoms with E-state index < -0.39 is 5.54 Å². The van der Waals surface area contributed by atoms with Gasteiger partial charge in [0.15, 0.2) is 0 Å². The number of ether oxygens (including phenoxy) is 1. The molecule has 0 amide bonds. The fourth-order valence-electron chi connectivity index (χ4n) is 2.48. The van der Waals surface area contributed by atoms with Gasteiger partial charge in [-0.3, -0.25) is 14.8 Å². The van der Waals surface area contributed by atoms with Gasteiger partial charge in [-0.15, -0.1) is 0 Å². The Bertz CT molecular complexity index is 454. The molecule has 112 valence electrons. The van der Waals surface area contributed by atoms with Crippen molar-refractivity contribution in [2.24, 2.45) is 0 Å². The largest absolute Gasteiger partial charge is 0.468 e. The summed E-state index contributed by atoms with van der Waals surface area (Å²) in [5, 5.41) is 7.69. The molecule has 1 unspecified atom stereocenters. The van der Waals surface area contributed by atoms with Crippen molar-refractivity contribution in [3.8, 4) is 0 Å². The fraction of sp³-hybridized carbons (Fsp3) is 0.733. The molecular formula is C15H25N3O2. The quantitative estimate of drug-likeness (QED) is 0.584. The molecule has 1 aromatic rings. The van der Waals surface area contributed by atoms with Crippen molar-refractivity contribution in [1.82, 2.24) is 15.1 Å². The van der Waals surface area contributed by atoms with Crippen LogP contribution >= 0.6 is 0 Å². The molecule has 1 aromatic heterocycles. The first-order valence-corrected chi connectivity index (χ1v) is 7.39. The average molecular weight is 279 g/mol. The number of carbonyl (C=O) groups is 1. The Morgan fingerprint density at radius 1 is 1.55 bits per heavy atom. The maximum atomic E-state index is 12.0. The Kier molecular flexibility index (Phi) is 4.81. The summed E-state index contributed by atoms with van der Waals surface area (Å²) in [6.45, 7) is 4.89. The Labute approximate surface area is 120 Å².